The lowest BCUT2D eigenvalue weighted by molar-refractivity contribution is -0.140. The molecule has 2 aliphatic heterocycles. The van der Waals surface area contributed by atoms with Gasteiger partial charge in [-0.2, -0.15) is 4.31 Å². The normalized spacial score (nSPS) is 19.5. The van der Waals surface area contributed by atoms with Gasteiger partial charge in [-0.15, -0.1) is 11.3 Å². The molecule has 2 saturated heterocycles. The van der Waals surface area contributed by atoms with Gasteiger partial charge in [0.2, 0.25) is 15.9 Å². The highest BCUT2D eigenvalue weighted by molar-refractivity contribution is 7.89. The monoisotopic (exact) mass is 413 g/mol. The van der Waals surface area contributed by atoms with Gasteiger partial charge in [-0.25, -0.2) is 8.42 Å². The molecule has 9 heteroatoms. The second kappa shape index (κ2) is 7.52. The molecule has 0 aromatic carbocycles. The van der Waals surface area contributed by atoms with Crippen LogP contribution < -0.4 is 0 Å². The fraction of sp³-hybridized carbons (Fsp3) is 0.667. The second-order valence-corrected chi connectivity index (χ2v) is 10.9. The maximum absolute atomic E-state index is 13.0. The predicted molar refractivity (Wildman–Crippen MR) is 104 cm³/mol. The Morgan fingerprint density at radius 3 is 2.07 bits per heavy atom. The van der Waals surface area contributed by atoms with Gasteiger partial charge in [0.15, 0.2) is 0 Å². The van der Waals surface area contributed by atoms with E-state index in [1.165, 1.54) is 21.7 Å². The maximum atomic E-state index is 13.0. The van der Waals surface area contributed by atoms with Crippen molar-refractivity contribution in [3.8, 4) is 0 Å². The first kappa shape index (κ1) is 20.3. The molecule has 2 aliphatic rings. The summed E-state index contributed by atoms with van der Waals surface area (Å²) in [7, 11) is -3.62. The van der Waals surface area contributed by atoms with Crippen molar-refractivity contribution in [1.29, 1.82) is 0 Å². The van der Waals surface area contributed by atoms with Crippen molar-refractivity contribution >= 4 is 33.2 Å². The Morgan fingerprint density at radius 1 is 0.963 bits per heavy atom. The van der Waals surface area contributed by atoms with Crippen LogP contribution in [0.3, 0.4) is 0 Å². The Morgan fingerprint density at radius 2 is 1.52 bits per heavy atom. The third kappa shape index (κ3) is 4.05. The molecule has 3 rings (SSSR count). The molecule has 1 aromatic rings. The average molecular weight is 414 g/mol. The Bertz CT molecular complexity index is 812. The summed E-state index contributed by atoms with van der Waals surface area (Å²) < 4.78 is 27.2. The lowest BCUT2D eigenvalue weighted by Gasteiger charge is -2.37. The van der Waals surface area contributed by atoms with E-state index in [1.54, 1.807) is 15.2 Å². The van der Waals surface area contributed by atoms with Gasteiger partial charge in [0, 0.05) is 44.7 Å². The fourth-order valence-corrected chi connectivity index (χ4v) is 6.33. The summed E-state index contributed by atoms with van der Waals surface area (Å²) in [4.78, 5) is 29.2. The van der Waals surface area contributed by atoms with Crippen LogP contribution in [0.4, 0.5) is 0 Å². The molecular formula is C18H27N3O4S2. The molecule has 0 unspecified atom stereocenters. The number of amides is 2. The number of hydrogen-bond acceptors (Lipinski definition) is 5. The quantitative estimate of drug-likeness (QED) is 0.758. The smallest absolute Gasteiger partial charge is 0.265 e. The number of carbonyl (C=O) groups excluding carboxylic acids is 2. The van der Waals surface area contributed by atoms with E-state index in [0.717, 1.165) is 12.8 Å². The lowest BCUT2D eigenvalue weighted by atomic mass is 9.94. The van der Waals surface area contributed by atoms with Crippen molar-refractivity contribution < 1.29 is 18.0 Å². The van der Waals surface area contributed by atoms with Crippen LogP contribution in [0.25, 0.3) is 0 Å². The van der Waals surface area contributed by atoms with Crippen molar-refractivity contribution in [1.82, 2.24) is 14.1 Å². The molecule has 0 radical (unpaired) electrons. The molecule has 3 heterocycles. The maximum Gasteiger partial charge on any atom is 0.265 e. The van der Waals surface area contributed by atoms with Crippen LogP contribution in [-0.4, -0.2) is 73.6 Å². The number of rotatable bonds is 3. The van der Waals surface area contributed by atoms with Crippen LogP contribution in [0, 0.1) is 5.41 Å². The molecule has 1 aromatic heterocycles. The largest absolute Gasteiger partial charge is 0.339 e. The van der Waals surface area contributed by atoms with E-state index in [0.29, 0.717) is 39.3 Å². The van der Waals surface area contributed by atoms with Gasteiger partial charge in [-0.1, -0.05) is 20.8 Å². The number of sulfonamides is 1. The van der Waals surface area contributed by atoms with E-state index in [2.05, 4.69) is 0 Å². The Kier molecular flexibility index (Phi) is 5.65. The highest BCUT2D eigenvalue weighted by Crippen LogP contribution is 2.29. The number of nitrogens with zero attached hydrogens (tertiary/aromatic N) is 3. The van der Waals surface area contributed by atoms with E-state index in [4.69, 9.17) is 0 Å². The van der Waals surface area contributed by atoms with E-state index >= 15 is 0 Å². The van der Waals surface area contributed by atoms with Crippen molar-refractivity contribution in [2.45, 2.75) is 38.5 Å². The number of hydrogen-bond donors (Lipinski definition) is 0. The van der Waals surface area contributed by atoms with Gasteiger partial charge in [-0.3, -0.25) is 9.59 Å². The first-order valence-electron chi connectivity index (χ1n) is 9.28. The van der Waals surface area contributed by atoms with E-state index in [9.17, 15) is 18.0 Å². The van der Waals surface area contributed by atoms with Gasteiger partial charge in [-0.05, 0) is 24.3 Å². The molecule has 0 saturated carbocycles. The highest BCUT2D eigenvalue weighted by atomic mass is 32.2. The van der Waals surface area contributed by atoms with E-state index < -0.39 is 15.4 Å². The first-order chi connectivity index (χ1) is 12.6. The highest BCUT2D eigenvalue weighted by Gasteiger charge is 2.35. The van der Waals surface area contributed by atoms with Gasteiger partial charge >= 0.3 is 0 Å². The van der Waals surface area contributed by atoms with E-state index in [-0.39, 0.29) is 21.6 Å². The first-order valence-corrected chi connectivity index (χ1v) is 11.6. The van der Waals surface area contributed by atoms with Crippen molar-refractivity contribution in [2.24, 2.45) is 5.41 Å². The van der Waals surface area contributed by atoms with Crippen LogP contribution in [0.2, 0.25) is 0 Å². The molecule has 0 spiro atoms. The van der Waals surface area contributed by atoms with Gasteiger partial charge in [0.25, 0.3) is 5.91 Å². The van der Waals surface area contributed by atoms with Crippen LogP contribution in [0.15, 0.2) is 16.3 Å². The topological polar surface area (TPSA) is 78.0 Å². The summed E-state index contributed by atoms with van der Waals surface area (Å²) in [5.41, 5.74) is -0.448. The summed E-state index contributed by atoms with van der Waals surface area (Å²) in [6.45, 7) is 8.46. The SMILES string of the molecule is CC(C)(C)C(=O)N1CCN(C(=O)c2sccc2S(=O)(=O)N2CCCC2)CC1. The van der Waals surface area contributed by atoms with Crippen molar-refractivity contribution in [3.05, 3.63) is 16.3 Å². The molecule has 2 amide bonds. The molecule has 0 atom stereocenters. The molecule has 0 bridgehead atoms. The van der Waals surface area contributed by atoms with Gasteiger partial charge in [0.05, 0.1) is 0 Å². The zero-order valence-electron chi connectivity index (χ0n) is 16.1. The van der Waals surface area contributed by atoms with Crippen LogP contribution in [-0.2, 0) is 14.8 Å². The minimum Gasteiger partial charge on any atom is -0.339 e. The standard InChI is InChI=1S/C18H27N3O4S2/c1-18(2,3)17(23)20-11-9-19(10-12-20)16(22)15-14(6-13-26-15)27(24,25)21-7-4-5-8-21/h6,13H,4-5,7-12H2,1-3H3. The Labute approximate surface area is 165 Å². The summed E-state index contributed by atoms with van der Waals surface area (Å²) in [5, 5.41) is 1.66. The zero-order chi connectivity index (χ0) is 19.8. The molecule has 0 N–H and O–H groups in total. The van der Waals surface area contributed by atoms with Crippen LogP contribution >= 0.6 is 11.3 Å². The Hall–Kier alpha value is -1.45. The Balaban J connectivity index is 1.72. The lowest BCUT2D eigenvalue weighted by Crippen LogP contribution is -2.53. The van der Waals surface area contributed by atoms with Crippen LogP contribution in [0.1, 0.15) is 43.3 Å². The molecule has 150 valence electrons. The predicted octanol–water partition coefficient (Wildman–Crippen LogP) is 1.86. The number of carbonyl (C=O) groups is 2. The minimum absolute atomic E-state index is 0.0722. The summed E-state index contributed by atoms with van der Waals surface area (Å²) in [6, 6.07) is 1.53. The fourth-order valence-electron chi connectivity index (χ4n) is 3.45. The van der Waals surface area contributed by atoms with E-state index in [1.807, 2.05) is 20.8 Å². The third-order valence-electron chi connectivity index (χ3n) is 5.00. The number of thiophene rings is 1. The van der Waals surface area contributed by atoms with Crippen molar-refractivity contribution in [2.75, 3.05) is 39.3 Å². The summed E-state index contributed by atoms with van der Waals surface area (Å²) in [5.74, 6) is -0.186. The van der Waals surface area contributed by atoms with Gasteiger partial charge < -0.3 is 9.80 Å². The summed E-state index contributed by atoms with van der Waals surface area (Å²) >= 11 is 1.17. The number of piperazine rings is 1. The van der Waals surface area contributed by atoms with Crippen LogP contribution in [0.5, 0.6) is 0 Å². The van der Waals surface area contributed by atoms with Gasteiger partial charge in [0.1, 0.15) is 9.77 Å². The third-order valence-corrected chi connectivity index (χ3v) is 7.97. The zero-order valence-corrected chi connectivity index (χ0v) is 17.7. The average Bonchev–Trinajstić information content (AvgIpc) is 3.31. The molecule has 2 fully saturated rings. The molecule has 0 aliphatic carbocycles. The summed E-state index contributed by atoms with van der Waals surface area (Å²) in [6.07, 6.45) is 1.72. The molecule has 7 nitrogen and oxygen atoms in total. The molecule has 27 heavy (non-hydrogen) atoms. The second-order valence-electron chi connectivity index (χ2n) is 8.06. The van der Waals surface area contributed by atoms with Crippen molar-refractivity contribution in [3.63, 3.8) is 0 Å². The minimum atomic E-state index is -3.62. The molecular weight excluding hydrogens is 386 g/mol.